The van der Waals surface area contributed by atoms with Crippen molar-refractivity contribution in [3.05, 3.63) is 36.5 Å². The lowest BCUT2D eigenvalue weighted by molar-refractivity contribution is -0.131. The van der Waals surface area contributed by atoms with Crippen LogP contribution in [0.25, 0.3) is 11.3 Å². The lowest BCUT2D eigenvalue weighted by atomic mass is 9.85. The van der Waals surface area contributed by atoms with Gasteiger partial charge >= 0.3 is 0 Å². The van der Waals surface area contributed by atoms with E-state index in [0.717, 1.165) is 45.3 Å². The summed E-state index contributed by atoms with van der Waals surface area (Å²) in [6.45, 7) is 2.75. The molecule has 2 fully saturated rings. The number of amides is 1. The number of hydrogen-bond acceptors (Lipinski definition) is 3. The highest BCUT2D eigenvalue weighted by Crippen LogP contribution is 2.45. The van der Waals surface area contributed by atoms with Gasteiger partial charge in [0.2, 0.25) is 5.91 Å². The second-order valence-corrected chi connectivity index (χ2v) is 7.17. The van der Waals surface area contributed by atoms with Crippen LogP contribution >= 0.6 is 0 Å². The van der Waals surface area contributed by atoms with Crippen LogP contribution in [0.2, 0.25) is 0 Å². The van der Waals surface area contributed by atoms with Crippen LogP contribution < -0.4 is 0 Å². The monoisotopic (exact) mass is 308 g/mol. The molecule has 0 bridgehead atoms. The van der Waals surface area contributed by atoms with Crippen molar-refractivity contribution in [2.45, 2.75) is 37.6 Å². The Morgan fingerprint density at radius 1 is 1.17 bits per heavy atom. The van der Waals surface area contributed by atoms with Crippen LogP contribution in [-0.4, -0.2) is 38.4 Å². The van der Waals surface area contributed by atoms with Crippen LogP contribution in [0.15, 0.2) is 30.7 Å². The molecule has 2 aliphatic heterocycles. The Hall–Kier alpha value is -2.17. The number of imidazole rings is 1. The predicted octanol–water partition coefficient (Wildman–Crippen LogP) is 2.23. The Bertz CT molecular complexity index is 765. The fourth-order valence-electron chi connectivity index (χ4n) is 4.25. The van der Waals surface area contributed by atoms with Crippen LogP contribution in [0, 0.1) is 5.92 Å². The number of rotatable bonds is 2. The van der Waals surface area contributed by atoms with E-state index in [-0.39, 0.29) is 5.41 Å². The molecule has 2 aromatic heterocycles. The molecule has 1 atom stereocenters. The van der Waals surface area contributed by atoms with E-state index in [1.54, 1.807) is 0 Å². The van der Waals surface area contributed by atoms with Crippen LogP contribution in [0.4, 0.5) is 0 Å². The number of nitrogens with zero attached hydrogens (tertiary/aromatic N) is 4. The molecule has 3 aliphatic rings. The standard InChI is InChI=1S/C18H20N4O/c23-16(14-1-2-14)21-9-5-18(12-21)6-10-22-15(11-20-17(18)22)13-3-7-19-8-4-13/h3-4,7-8,11,14H,1-2,5-6,9-10,12H2. The molecular weight excluding hydrogens is 288 g/mol. The van der Waals surface area contributed by atoms with Crippen molar-refractivity contribution in [2.24, 2.45) is 5.92 Å². The van der Waals surface area contributed by atoms with Gasteiger partial charge in [-0.25, -0.2) is 4.98 Å². The van der Waals surface area contributed by atoms with Crippen LogP contribution in [-0.2, 0) is 16.8 Å². The van der Waals surface area contributed by atoms with Crippen molar-refractivity contribution in [2.75, 3.05) is 13.1 Å². The van der Waals surface area contributed by atoms with Gasteiger partial charge in [0.05, 0.1) is 11.9 Å². The zero-order valence-electron chi connectivity index (χ0n) is 13.1. The number of carbonyl (C=O) groups excluding carboxylic acids is 1. The lowest BCUT2D eigenvalue weighted by Gasteiger charge is -2.22. The average Bonchev–Trinajstić information content (AvgIpc) is 3.06. The van der Waals surface area contributed by atoms with Gasteiger partial charge in [-0.3, -0.25) is 9.78 Å². The molecule has 1 saturated heterocycles. The predicted molar refractivity (Wildman–Crippen MR) is 85.7 cm³/mol. The van der Waals surface area contributed by atoms with Gasteiger partial charge in [-0.2, -0.15) is 0 Å². The number of aromatic nitrogens is 3. The minimum atomic E-state index is 0.0792. The third-order valence-electron chi connectivity index (χ3n) is 5.71. The highest BCUT2D eigenvalue weighted by Gasteiger charge is 2.49. The van der Waals surface area contributed by atoms with Crippen molar-refractivity contribution >= 4 is 5.91 Å². The molecule has 23 heavy (non-hydrogen) atoms. The minimum absolute atomic E-state index is 0.0792. The van der Waals surface area contributed by atoms with Crippen LogP contribution in [0.5, 0.6) is 0 Å². The van der Waals surface area contributed by atoms with E-state index in [9.17, 15) is 4.79 Å². The number of likely N-dealkylation sites (tertiary alicyclic amines) is 1. The lowest BCUT2D eigenvalue weighted by Crippen LogP contribution is -2.34. The summed E-state index contributed by atoms with van der Waals surface area (Å²) < 4.78 is 2.35. The van der Waals surface area contributed by atoms with Crippen molar-refractivity contribution in [1.82, 2.24) is 19.4 Å². The normalized spacial score (nSPS) is 26.0. The van der Waals surface area contributed by atoms with E-state index < -0.39 is 0 Å². The Balaban J connectivity index is 1.46. The van der Waals surface area contributed by atoms with Crippen LogP contribution in [0.1, 0.15) is 31.5 Å². The molecule has 4 heterocycles. The smallest absolute Gasteiger partial charge is 0.225 e. The van der Waals surface area contributed by atoms with E-state index in [0.29, 0.717) is 11.8 Å². The quantitative estimate of drug-likeness (QED) is 0.855. The molecule has 118 valence electrons. The summed E-state index contributed by atoms with van der Waals surface area (Å²) in [5.41, 5.74) is 2.42. The van der Waals surface area contributed by atoms with Gasteiger partial charge in [0.1, 0.15) is 5.82 Å². The summed E-state index contributed by atoms with van der Waals surface area (Å²) in [6.07, 6.45) is 9.96. The maximum atomic E-state index is 12.4. The zero-order chi connectivity index (χ0) is 15.4. The van der Waals surface area contributed by atoms with E-state index >= 15 is 0 Å². The Labute approximate surface area is 135 Å². The van der Waals surface area contributed by atoms with Gasteiger partial charge in [-0.05, 0) is 37.8 Å². The third kappa shape index (κ3) is 1.95. The topological polar surface area (TPSA) is 51.0 Å². The Morgan fingerprint density at radius 3 is 2.74 bits per heavy atom. The highest BCUT2D eigenvalue weighted by atomic mass is 16.2. The molecule has 1 saturated carbocycles. The van der Waals surface area contributed by atoms with E-state index in [4.69, 9.17) is 4.98 Å². The first-order chi connectivity index (χ1) is 11.3. The molecule has 5 rings (SSSR count). The summed E-state index contributed by atoms with van der Waals surface area (Å²) in [5.74, 6) is 1.87. The molecule has 1 unspecified atom stereocenters. The molecule has 0 N–H and O–H groups in total. The highest BCUT2D eigenvalue weighted by molar-refractivity contribution is 5.81. The molecule has 0 radical (unpaired) electrons. The second-order valence-electron chi connectivity index (χ2n) is 7.17. The van der Waals surface area contributed by atoms with Gasteiger partial charge < -0.3 is 9.47 Å². The molecular formula is C18H20N4O. The zero-order valence-corrected chi connectivity index (χ0v) is 13.1. The average molecular weight is 308 g/mol. The summed E-state index contributed by atoms with van der Waals surface area (Å²) in [7, 11) is 0. The third-order valence-corrected chi connectivity index (χ3v) is 5.71. The summed E-state index contributed by atoms with van der Waals surface area (Å²) in [6, 6.07) is 4.07. The summed E-state index contributed by atoms with van der Waals surface area (Å²) in [5, 5.41) is 0. The number of hydrogen-bond donors (Lipinski definition) is 0. The fraction of sp³-hybridized carbons (Fsp3) is 0.500. The molecule has 5 nitrogen and oxygen atoms in total. The van der Waals surface area contributed by atoms with E-state index in [1.165, 1.54) is 17.1 Å². The van der Waals surface area contributed by atoms with Crippen molar-refractivity contribution < 1.29 is 4.79 Å². The first-order valence-corrected chi connectivity index (χ1v) is 8.52. The maximum Gasteiger partial charge on any atom is 0.225 e. The van der Waals surface area contributed by atoms with Gasteiger partial charge in [-0.15, -0.1) is 0 Å². The van der Waals surface area contributed by atoms with Gasteiger partial charge in [0, 0.05) is 48.9 Å². The molecule has 1 spiro atoms. The largest absolute Gasteiger partial charge is 0.341 e. The first-order valence-electron chi connectivity index (χ1n) is 8.52. The van der Waals surface area contributed by atoms with Gasteiger partial charge in [0.15, 0.2) is 0 Å². The molecule has 2 aromatic rings. The Morgan fingerprint density at radius 2 is 1.96 bits per heavy atom. The van der Waals surface area contributed by atoms with E-state index in [1.807, 2.05) is 30.7 Å². The van der Waals surface area contributed by atoms with Crippen molar-refractivity contribution in [3.63, 3.8) is 0 Å². The number of pyridine rings is 1. The first kappa shape index (κ1) is 13.3. The minimum Gasteiger partial charge on any atom is -0.341 e. The van der Waals surface area contributed by atoms with Crippen molar-refractivity contribution in [1.29, 1.82) is 0 Å². The molecule has 0 aromatic carbocycles. The van der Waals surface area contributed by atoms with E-state index in [2.05, 4.69) is 14.5 Å². The maximum absolute atomic E-state index is 12.4. The molecule has 5 heteroatoms. The Kier molecular flexibility index (Phi) is 2.69. The summed E-state index contributed by atoms with van der Waals surface area (Å²) in [4.78, 5) is 23.3. The number of fused-ring (bicyclic) bond motifs is 2. The summed E-state index contributed by atoms with van der Waals surface area (Å²) >= 11 is 0. The van der Waals surface area contributed by atoms with Crippen molar-refractivity contribution in [3.8, 4) is 11.3 Å². The SMILES string of the molecule is O=C(C1CC1)N1CCC2(CCn3c(-c4ccncc4)cnc32)C1. The van der Waals surface area contributed by atoms with Gasteiger partial charge in [-0.1, -0.05) is 0 Å². The van der Waals surface area contributed by atoms with Crippen LogP contribution in [0.3, 0.4) is 0 Å². The molecule has 1 amide bonds. The number of carbonyl (C=O) groups is 1. The second kappa shape index (κ2) is 4.66. The molecule has 1 aliphatic carbocycles. The van der Waals surface area contributed by atoms with Gasteiger partial charge in [0.25, 0.3) is 0 Å². The fourth-order valence-corrected chi connectivity index (χ4v) is 4.25.